The molecule has 1 heterocycles. The van der Waals surface area contributed by atoms with Crippen LogP contribution in [0.3, 0.4) is 0 Å². The summed E-state index contributed by atoms with van der Waals surface area (Å²) >= 11 is 0. The number of carbonyl (C=O) groups is 2. The lowest BCUT2D eigenvalue weighted by atomic mass is 10.1. The van der Waals surface area contributed by atoms with Gasteiger partial charge in [0, 0.05) is 5.56 Å². The first-order chi connectivity index (χ1) is 14.1. The number of ether oxygens (including phenoxy) is 3. The Morgan fingerprint density at radius 2 is 1.48 bits per heavy atom. The number of quaternary nitrogens is 1. The molecule has 29 heavy (non-hydrogen) atoms. The summed E-state index contributed by atoms with van der Waals surface area (Å²) in [5.41, 5.74) is 1.12. The molecule has 1 fully saturated rings. The number of hydrogen-bond donors (Lipinski definition) is 1. The van der Waals surface area contributed by atoms with Gasteiger partial charge < -0.3 is 24.0 Å². The van der Waals surface area contributed by atoms with Crippen LogP contribution in [0.4, 0.5) is 0 Å². The maximum Gasteiger partial charge on any atom is 0.261 e. The van der Waals surface area contributed by atoms with E-state index in [1.165, 1.54) is 4.90 Å². The number of ketones is 1. The first-order valence-corrected chi connectivity index (χ1v) is 9.58. The predicted molar refractivity (Wildman–Crippen MR) is 108 cm³/mol. The molecule has 1 aliphatic heterocycles. The third-order valence-corrected chi connectivity index (χ3v) is 5.22. The number of piperazine rings is 1. The number of Topliss-reactive ketones (excluding diaryl/α,β-unsaturated/α-hetero) is 1. The van der Waals surface area contributed by atoms with Crippen molar-refractivity contribution in [2.75, 3.05) is 54.1 Å². The quantitative estimate of drug-likeness (QED) is 0.702. The summed E-state index contributed by atoms with van der Waals surface area (Å²) < 4.78 is 15.8. The Morgan fingerprint density at radius 1 is 0.897 bits per heavy atom. The highest BCUT2D eigenvalue weighted by atomic mass is 16.5. The Kier molecular flexibility index (Phi) is 6.72. The molecule has 1 saturated heterocycles. The van der Waals surface area contributed by atoms with Gasteiger partial charge in [0.05, 0.1) is 47.5 Å². The van der Waals surface area contributed by atoms with Crippen molar-refractivity contribution in [3.63, 3.8) is 0 Å². The molecule has 0 saturated carbocycles. The van der Waals surface area contributed by atoms with Crippen LogP contribution in [0.25, 0.3) is 0 Å². The summed E-state index contributed by atoms with van der Waals surface area (Å²) in [6.45, 7) is 2.99. The van der Waals surface area contributed by atoms with E-state index in [9.17, 15) is 9.59 Å². The molecule has 1 amide bonds. The molecule has 2 aromatic rings. The number of nitrogens with one attached hydrogen (secondary N) is 1. The first-order valence-electron chi connectivity index (χ1n) is 9.58. The Bertz CT molecular complexity index is 836. The minimum Gasteiger partial charge on any atom is -0.497 e. The third-order valence-electron chi connectivity index (χ3n) is 5.22. The van der Waals surface area contributed by atoms with E-state index in [0.29, 0.717) is 55.3 Å². The molecule has 0 radical (unpaired) electrons. The van der Waals surface area contributed by atoms with Gasteiger partial charge in [-0.25, -0.2) is 0 Å². The van der Waals surface area contributed by atoms with Gasteiger partial charge in [-0.2, -0.15) is 0 Å². The fourth-order valence-corrected chi connectivity index (χ4v) is 3.53. The molecule has 1 N–H and O–H groups in total. The number of hydrogen-bond acceptors (Lipinski definition) is 5. The van der Waals surface area contributed by atoms with Crippen LogP contribution in [0.2, 0.25) is 0 Å². The molecule has 0 atom stereocenters. The fourth-order valence-electron chi connectivity index (χ4n) is 3.53. The highest BCUT2D eigenvalue weighted by Crippen LogP contribution is 2.29. The molecule has 0 unspecified atom stereocenters. The summed E-state index contributed by atoms with van der Waals surface area (Å²) in [4.78, 5) is 28.6. The maximum absolute atomic E-state index is 13.0. The molecule has 0 spiro atoms. The topological polar surface area (TPSA) is 69.5 Å². The van der Waals surface area contributed by atoms with Crippen LogP contribution in [0.15, 0.2) is 42.5 Å². The second-order valence-electron chi connectivity index (χ2n) is 6.91. The van der Waals surface area contributed by atoms with Crippen LogP contribution in [0.1, 0.15) is 20.7 Å². The van der Waals surface area contributed by atoms with Gasteiger partial charge in [0.1, 0.15) is 29.4 Å². The van der Waals surface area contributed by atoms with Gasteiger partial charge in [-0.05, 0) is 36.4 Å². The van der Waals surface area contributed by atoms with E-state index in [0.717, 1.165) is 5.75 Å². The third kappa shape index (κ3) is 4.68. The molecule has 3 rings (SSSR count). The van der Waals surface area contributed by atoms with Crippen molar-refractivity contribution in [1.82, 2.24) is 4.90 Å². The highest BCUT2D eigenvalue weighted by molar-refractivity contribution is 6.00. The van der Waals surface area contributed by atoms with Gasteiger partial charge in [0.15, 0.2) is 0 Å². The van der Waals surface area contributed by atoms with Crippen molar-refractivity contribution in [2.45, 2.75) is 0 Å². The summed E-state index contributed by atoms with van der Waals surface area (Å²) in [5.74, 6) is 1.71. The Balaban J connectivity index is 1.60. The van der Waals surface area contributed by atoms with E-state index >= 15 is 0 Å². The summed E-state index contributed by atoms with van der Waals surface area (Å²) in [7, 11) is 4.68. The van der Waals surface area contributed by atoms with Crippen molar-refractivity contribution in [3.05, 3.63) is 53.6 Å². The lowest BCUT2D eigenvalue weighted by molar-refractivity contribution is -0.895. The molecule has 154 valence electrons. The van der Waals surface area contributed by atoms with Gasteiger partial charge in [0.2, 0.25) is 5.78 Å². The highest BCUT2D eigenvalue weighted by Gasteiger charge is 2.29. The summed E-state index contributed by atoms with van der Waals surface area (Å²) in [6, 6.07) is 12.5. The van der Waals surface area contributed by atoms with Crippen LogP contribution in [-0.2, 0) is 0 Å². The average molecular weight is 399 g/mol. The lowest BCUT2D eigenvalue weighted by Crippen LogP contribution is -3.15. The zero-order chi connectivity index (χ0) is 20.8. The molecular formula is C22H27N2O5+. The fraction of sp³-hybridized carbons (Fsp3) is 0.364. The summed E-state index contributed by atoms with van der Waals surface area (Å²) in [5, 5.41) is 0. The number of methoxy groups -OCH3 is 3. The Hall–Kier alpha value is -3.06. The van der Waals surface area contributed by atoms with Gasteiger partial charge in [-0.15, -0.1) is 0 Å². The van der Waals surface area contributed by atoms with E-state index in [4.69, 9.17) is 14.2 Å². The monoisotopic (exact) mass is 399 g/mol. The van der Waals surface area contributed by atoms with E-state index in [2.05, 4.69) is 0 Å². The van der Waals surface area contributed by atoms with Gasteiger partial charge in [0.25, 0.3) is 5.91 Å². The normalized spacial score (nSPS) is 14.4. The Morgan fingerprint density at radius 3 is 2.00 bits per heavy atom. The van der Waals surface area contributed by atoms with Gasteiger partial charge in [-0.1, -0.05) is 6.07 Å². The average Bonchev–Trinajstić information content (AvgIpc) is 2.78. The SMILES string of the molecule is COc1ccc(C(=O)C[NH+]2CCN(C(=O)c3c(OC)cccc3OC)CC2)cc1. The molecule has 1 aliphatic rings. The van der Waals surface area contributed by atoms with E-state index in [1.807, 2.05) is 0 Å². The molecule has 7 heteroatoms. The van der Waals surface area contributed by atoms with Crippen molar-refractivity contribution in [3.8, 4) is 17.2 Å². The number of amides is 1. The zero-order valence-corrected chi connectivity index (χ0v) is 17.1. The van der Waals surface area contributed by atoms with Gasteiger partial charge >= 0.3 is 0 Å². The largest absolute Gasteiger partial charge is 0.497 e. The van der Waals surface area contributed by atoms with Crippen LogP contribution in [0.5, 0.6) is 17.2 Å². The standard InChI is InChI=1S/C22H26N2O5/c1-27-17-9-7-16(8-10-17)18(25)15-23-11-13-24(14-12-23)22(26)21-19(28-2)5-4-6-20(21)29-3/h4-10H,11-15H2,1-3H3/p+1. The van der Waals surface area contributed by atoms with E-state index < -0.39 is 0 Å². The smallest absolute Gasteiger partial charge is 0.261 e. The molecule has 0 aromatic heterocycles. The van der Waals surface area contributed by atoms with E-state index in [-0.39, 0.29) is 11.7 Å². The zero-order valence-electron chi connectivity index (χ0n) is 17.1. The number of nitrogens with zero attached hydrogens (tertiary/aromatic N) is 1. The second kappa shape index (κ2) is 9.43. The minimum atomic E-state index is -0.111. The van der Waals surface area contributed by atoms with Crippen LogP contribution >= 0.6 is 0 Å². The second-order valence-corrected chi connectivity index (χ2v) is 6.91. The first kappa shape index (κ1) is 20.7. The number of carbonyl (C=O) groups excluding carboxylic acids is 2. The number of benzene rings is 2. The van der Waals surface area contributed by atoms with Gasteiger partial charge in [-0.3, -0.25) is 9.59 Å². The van der Waals surface area contributed by atoms with Crippen LogP contribution < -0.4 is 19.1 Å². The number of rotatable bonds is 7. The molecule has 0 bridgehead atoms. The predicted octanol–water partition coefficient (Wildman–Crippen LogP) is 0.936. The van der Waals surface area contributed by atoms with Crippen molar-refractivity contribution < 1.29 is 28.7 Å². The lowest BCUT2D eigenvalue weighted by Gasteiger charge is -2.32. The van der Waals surface area contributed by atoms with Crippen molar-refractivity contribution in [2.24, 2.45) is 0 Å². The minimum absolute atomic E-state index is 0.0915. The molecule has 2 aromatic carbocycles. The van der Waals surface area contributed by atoms with Crippen LogP contribution in [-0.4, -0.2) is 70.6 Å². The van der Waals surface area contributed by atoms with E-state index in [1.54, 1.807) is 68.7 Å². The maximum atomic E-state index is 13.0. The van der Waals surface area contributed by atoms with Crippen LogP contribution in [0, 0.1) is 0 Å². The van der Waals surface area contributed by atoms with Crippen molar-refractivity contribution in [1.29, 1.82) is 0 Å². The summed E-state index contributed by atoms with van der Waals surface area (Å²) in [6.07, 6.45) is 0. The Labute approximate surface area is 170 Å². The molecule has 0 aliphatic carbocycles. The van der Waals surface area contributed by atoms with Crippen molar-refractivity contribution >= 4 is 11.7 Å². The molecular weight excluding hydrogens is 372 g/mol. The molecule has 7 nitrogen and oxygen atoms in total.